The second-order valence-electron chi connectivity index (χ2n) is 11.1. The highest BCUT2D eigenvalue weighted by atomic mass is 32.3. The number of carbonyl (C=O) groups excluding carboxylic acids is 1. The van der Waals surface area contributed by atoms with Crippen molar-refractivity contribution >= 4 is 27.2 Å². The molecule has 3 aromatic heterocycles. The zero-order valence-corrected chi connectivity index (χ0v) is 22.7. The summed E-state index contributed by atoms with van der Waals surface area (Å²) in [5.41, 5.74) is 1.22. The summed E-state index contributed by atoms with van der Waals surface area (Å²) in [7, 11) is -0.596. The summed E-state index contributed by atoms with van der Waals surface area (Å²) < 4.78 is 15.1. The minimum atomic E-state index is -0.596. The maximum Gasteiger partial charge on any atom is 0.410 e. The van der Waals surface area contributed by atoms with Crippen molar-refractivity contribution in [2.45, 2.75) is 45.1 Å². The van der Waals surface area contributed by atoms with Crippen molar-refractivity contribution in [3.05, 3.63) is 31.0 Å². The van der Waals surface area contributed by atoms with Crippen molar-refractivity contribution in [1.82, 2.24) is 29.2 Å². The van der Waals surface area contributed by atoms with Gasteiger partial charge in [0.2, 0.25) is 0 Å². The van der Waals surface area contributed by atoms with Crippen LogP contribution in [0.4, 0.5) is 4.79 Å². The highest BCUT2D eigenvalue weighted by Crippen LogP contribution is 2.35. The van der Waals surface area contributed by atoms with E-state index >= 15 is 0 Å². The molecule has 1 amide bonds. The minimum Gasteiger partial charge on any atom is -0.444 e. The second kappa shape index (κ2) is 9.75. The fourth-order valence-corrected chi connectivity index (χ4v) is 4.74. The van der Waals surface area contributed by atoms with Gasteiger partial charge in [-0.2, -0.15) is 10.4 Å². The quantitative estimate of drug-likeness (QED) is 0.421. The molecule has 10 nitrogen and oxygen atoms in total. The van der Waals surface area contributed by atoms with E-state index in [0.717, 1.165) is 28.0 Å². The van der Waals surface area contributed by atoms with E-state index in [0.29, 0.717) is 26.4 Å². The van der Waals surface area contributed by atoms with E-state index in [-0.39, 0.29) is 12.5 Å². The first kappa shape index (κ1) is 26.0. The number of ether oxygens (including phenoxy) is 2. The first-order valence-electron chi connectivity index (χ1n) is 11.8. The third-order valence-electron chi connectivity index (χ3n) is 6.00. The van der Waals surface area contributed by atoms with Gasteiger partial charge in [-0.1, -0.05) is 0 Å². The van der Waals surface area contributed by atoms with E-state index in [1.165, 1.54) is 0 Å². The van der Waals surface area contributed by atoms with Gasteiger partial charge in [0.05, 0.1) is 44.1 Å². The Hall–Kier alpha value is -3.10. The first-order valence-corrected chi connectivity index (χ1v) is 14.9. The normalized spacial score (nSPS) is 16.0. The van der Waals surface area contributed by atoms with E-state index < -0.39 is 21.2 Å². The Kier molecular flexibility index (Phi) is 7.03. The van der Waals surface area contributed by atoms with Gasteiger partial charge in [0.15, 0.2) is 0 Å². The Morgan fingerprint density at radius 3 is 2.67 bits per heavy atom. The molecule has 0 bridgehead atoms. The third kappa shape index (κ3) is 5.65. The Labute approximate surface area is 213 Å². The van der Waals surface area contributed by atoms with Crippen LogP contribution < -0.4 is 0 Å². The van der Waals surface area contributed by atoms with Gasteiger partial charge in [0.1, 0.15) is 29.8 Å². The Morgan fingerprint density at radius 2 is 2.00 bits per heavy atom. The first-order chi connectivity index (χ1) is 16.9. The number of carbonyl (C=O) groups is 1. The fourth-order valence-electron chi connectivity index (χ4n) is 4.12. The molecule has 4 rings (SSSR count). The number of nitriles is 1. The predicted molar refractivity (Wildman–Crippen MR) is 141 cm³/mol. The second-order valence-corrected chi connectivity index (χ2v) is 15.7. The number of hydrogen-bond donors (Lipinski definition) is 0. The van der Waals surface area contributed by atoms with Crippen LogP contribution in [0, 0.1) is 11.3 Å². The lowest BCUT2D eigenvalue weighted by atomic mass is 9.87. The fraction of sp³-hybridized carbons (Fsp3) is 0.560. The summed E-state index contributed by atoms with van der Waals surface area (Å²) in [6, 6.07) is 4.24. The Bertz CT molecular complexity index is 1270. The van der Waals surface area contributed by atoms with Gasteiger partial charge < -0.3 is 18.9 Å². The molecule has 1 aliphatic heterocycles. The highest BCUT2D eigenvalue weighted by Gasteiger charge is 2.48. The molecule has 0 radical (unpaired) electrons. The molecule has 0 spiro atoms. The van der Waals surface area contributed by atoms with Crippen LogP contribution in [0.15, 0.2) is 31.0 Å². The van der Waals surface area contributed by atoms with E-state index in [2.05, 4.69) is 39.9 Å². The summed E-state index contributed by atoms with van der Waals surface area (Å²) in [5.74, 6) is 1.06. The van der Waals surface area contributed by atoms with Crippen molar-refractivity contribution < 1.29 is 14.3 Å². The number of aromatic nitrogens is 5. The number of rotatable bonds is 8. The number of hydrogen-bond acceptors (Lipinski definition) is 7. The van der Waals surface area contributed by atoms with E-state index in [9.17, 15) is 10.1 Å². The SMILES string of the molecule is CC(C)(C)OC(=O)N1CC(CC#N)(n2cc(-c3ncnc4c3ccn4COCCS(C)(C)C)cn2)C1. The molecule has 36 heavy (non-hydrogen) atoms. The van der Waals surface area contributed by atoms with Gasteiger partial charge in [-0.15, -0.1) is 0 Å². The zero-order chi connectivity index (χ0) is 26.1. The van der Waals surface area contributed by atoms with Crippen LogP contribution in [-0.2, 0) is 21.7 Å². The molecule has 1 aliphatic rings. The lowest BCUT2D eigenvalue weighted by Gasteiger charge is -2.48. The van der Waals surface area contributed by atoms with Gasteiger partial charge in [0.25, 0.3) is 0 Å². The molecule has 1 saturated heterocycles. The molecule has 11 heteroatoms. The largest absolute Gasteiger partial charge is 0.444 e. The topological polar surface area (TPSA) is 111 Å². The maximum atomic E-state index is 12.4. The van der Waals surface area contributed by atoms with Gasteiger partial charge in [-0.25, -0.2) is 24.8 Å². The monoisotopic (exact) mass is 513 g/mol. The lowest BCUT2D eigenvalue weighted by molar-refractivity contribution is -0.0314. The summed E-state index contributed by atoms with van der Waals surface area (Å²) in [6.07, 6.45) is 13.8. The molecule has 0 aromatic carbocycles. The van der Waals surface area contributed by atoms with E-state index in [1.54, 1.807) is 22.1 Å². The number of nitrogens with zero attached hydrogens (tertiary/aromatic N) is 7. The molecular weight excluding hydrogens is 478 g/mol. The number of likely N-dealkylation sites (tertiary alicyclic amines) is 1. The van der Waals surface area contributed by atoms with Crippen LogP contribution in [0.1, 0.15) is 27.2 Å². The molecule has 0 unspecified atom stereocenters. The molecule has 3 aromatic rings. The summed E-state index contributed by atoms with van der Waals surface area (Å²) in [6.45, 7) is 7.37. The van der Waals surface area contributed by atoms with Crippen LogP contribution in [0.3, 0.4) is 0 Å². The van der Waals surface area contributed by atoms with Gasteiger partial charge in [-0.3, -0.25) is 4.68 Å². The van der Waals surface area contributed by atoms with Crippen LogP contribution >= 0.6 is 10.0 Å². The van der Waals surface area contributed by atoms with Crippen LogP contribution in [0.5, 0.6) is 0 Å². The standard InChI is InChI=1S/C25H35N7O3S/c1-24(2,3)35-23(33)31-15-25(16-31,8-9-26)32-14-19(13-29-32)21-20-7-10-30(22(20)28-17-27-21)18-34-11-12-36(4,5)6/h7,10,13-14,17H,8,11-12,15-16,18H2,1-6H3. The Morgan fingerprint density at radius 1 is 1.25 bits per heavy atom. The zero-order valence-electron chi connectivity index (χ0n) is 21.9. The van der Waals surface area contributed by atoms with Crippen molar-refractivity contribution in [2.75, 3.05) is 44.2 Å². The molecule has 0 atom stereocenters. The predicted octanol–water partition coefficient (Wildman–Crippen LogP) is 3.82. The molecule has 194 valence electrons. The molecule has 0 N–H and O–H groups in total. The number of fused-ring (bicyclic) bond motifs is 1. The third-order valence-corrected chi connectivity index (χ3v) is 7.39. The average molecular weight is 514 g/mol. The maximum absolute atomic E-state index is 12.4. The van der Waals surface area contributed by atoms with Gasteiger partial charge in [-0.05, 0) is 45.6 Å². The summed E-state index contributed by atoms with van der Waals surface area (Å²) >= 11 is 0. The van der Waals surface area contributed by atoms with E-state index in [1.807, 2.05) is 43.8 Å². The average Bonchev–Trinajstić information content (AvgIpc) is 3.39. The molecule has 4 heterocycles. The lowest BCUT2D eigenvalue weighted by Crippen LogP contribution is -2.64. The van der Waals surface area contributed by atoms with Crippen LogP contribution in [-0.4, -0.2) is 85.1 Å². The minimum absolute atomic E-state index is 0.233. The van der Waals surface area contributed by atoms with Crippen LogP contribution in [0.25, 0.3) is 22.3 Å². The number of amides is 1. The molecule has 0 saturated carbocycles. The van der Waals surface area contributed by atoms with Crippen molar-refractivity contribution in [3.63, 3.8) is 0 Å². The van der Waals surface area contributed by atoms with Crippen molar-refractivity contribution in [1.29, 1.82) is 5.26 Å². The Balaban J connectivity index is 1.51. The molecule has 1 fully saturated rings. The molecular formula is C25H35N7O3S. The van der Waals surface area contributed by atoms with Crippen molar-refractivity contribution in [3.8, 4) is 17.3 Å². The molecule has 0 aliphatic carbocycles. The van der Waals surface area contributed by atoms with Gasteiger partial charge in [0, 0.05) is 29.1 Å². The van der Waals surface area contributed by atoms with Gasteiger partial charge >= 0.3 is 6.09 Å². The highest BCUT2D eigenvalue weighted by molar-refractivity contribution is 8.32. The smallest absolute Gasteiger partial charge is 0.410 e. The van der Waals surface area contributed by atoms with Crippen molar-refractivity contribution in [2.24, 2.45) is 0 Å². The van der Waals surface area contributed by atoms with Crippen LogP contribution in [0.2, 0.25) is 0 Å². The summed E-state index contributed by atoms with van der Waals surface area (Å²) in [4.78, 5) is 23.0. The summed E-state index contributed by atoms with van der Waals surface area (Å²) in [5, 5.41) is 15.0. The van der Waals surface area contributed by atoms with E-state index in [4.69, 9.17) is 9.47 Å².